The van der Waals surface area contributed by atoms with E-state index in [2.05, 4.69) is 15.3 Å². The second-order valence-corrected chi connectivity index (χ2v) is 8.09. The summed E-state index contributed by atoms with van der Waals surface area (Å²) in [6, 6.07) is 2.63. The Morgan fingerprint density at radius 1 is 1.20 bits per heavy atom. The van der Waals surface area contributed by atoms with Crippen molar-refractivity contribution < 1.29 is 18.0 Å². The molecule has 10 heteroatoms. The summed E-state index contributed by atoms with van der Waals surface area (Å²) in [5.41, 5.74) is 0.227. The zero-order chi connectivity index (χ0) is 21.5. The highest BCUT2D eigenvalue weighted by atomic mass is 35.5. The first kappa shape index (κ1) is 20.7. The highest BCUT2D eigenvalue weighted by Crippen LogP contribution is 2.36. The summed E-state index contributed by atoms with van der Waals surface area (Å²) in [7, 11) is 0. The van der Waals surface area contributed by atoms with Crippen LogP contribution in [0, 0.1) is 5.92 Å². The summed E-state index contributed by atoms with van der Waals surface area (Å²) in [4.78, 5) is 32.1. The Morgan fingerprint density at radius 2 is 1.97 bits per heavy atom. The number of aromatic amines is 1. The van der Waals surface area contributed by atoms with Gasteiger partial charge in [-0.05, 0) is 49.8 Å². The van der Waals surface area contributed by atoms with Crippen molar-refractivity contribution in [1.82, 2.24) is 9.97 Å². The van der Waals surface area contributed by atoms with Crippen molar-refractivity contribution in [1.29, 1.82) is 0 Å². The number of aromatic nitrogens is 2. The molecule has 4 rings (SSSR count). The van der Waals surface area contributed by atoms with Crippen molar-refractivity contribution >= 4 is 29.1 Å². The van der Waals surface area contributed by atoms with E-state index >= 15 is 0 Å². The zero-order valence-electron chi connectivity index (χ0n) is 15.9. The lowest BCUT2D eigenvalue weighted by atomic mass is 10.0. The van der Waals surface area contributed by atoms with Crippen LogP contribution in [0.4, 0.5) is 24.8 Å². The van der Waals surface area contributed by atoms with E-state index in [0.717, 1.165) is 12.8 Å². The number of nitrogens with one attached hydrogen (secondary N) is 2. The van der Waals surface area contributed by atoms with Gasteiger partial charge in [0.15, 0.2) is 0 Å². The number of halogens is 4. The van der Waals surface area contributed by atoms with Crippen molar-refractivity contribution in [3.63, 3.8) is 0 Å². The van der Waals surface area contributed by atoms with Crippen molar-refractivity contribution in [2.75, 3.05) is 16.8 Å². The molecular weight excluding hydrogens is 421 g/mol. The predicted molar refractivity (Wildman–Crippen MR) is 108 cm³/mol. The Balaban J connectivity index is 1.69. The van der Waals surface area contributed by atoms with Crippen LogP contribution >= 0.6 is 11.6 Å². The van der Waals surface area contributed by atoms with Crippen LogP contribution in [0.25, 0.3) is 11.1 Å². The van der Waals surface area contributed by atoms with Crippen molar-refractivity contribution in [2.45, 2.75) is 44.3 Å². The molecule has 2 aromatic rings. The number of anilines is 2. The first-order chi connectivity index (χ1) is 14.2. The largest absolute Gasteiger partial charge is 0.408 e. The number of amides is 1. The van der Waals surface area contributed by atoms with Gasteiger partial charge in [-0.1, -0.05) is 11.6 Å². The molecule has 0 bridgehead atoms. The van der Waals surface area contributed by atoms with Gasteiger partial charge in [-0.25, -0.2) is 4.98 Å². The summed E-state index contributed by atoms with van der Waals surface area (Å²) in [6.45, 7) is 0.191. The molecule has 3 heterocycles. The molecule has 160 valence electrons. The highest BCUT2D eigenvalue weighted by molar-refractivity contribution is 6.33. The summed E-state index contributed by atoms with van der Waals surface area (Å²) >= 11 is 6.25. The summed E-state index contributed by atoms with van der Waals surface area (Å²) in [5.74, 6) is 0.217. The summed E-state index contributed by atoms with van der Waals surface area (Å²) in [6.07, 6.45) is -0.332. The smallest absolute Gasteiger partial charge is 0.346 e. The standard InChI is InChI=1S/C20H20ClF3N4O2/c21-14-10-25-16(26-19(30)11-4-5-11)9-13(14)12-7-17(27-18(29)8-12)28-6-2-1-3-15(28)20(22,23)24/h7-11,15H,1-6H2,(H,27,29)(H,25,26,30). The molecule has 1 saturated carbocycles. The Kier molecular flexibility index (Phi) is 5.48. The van der Waals surface area contributed by atoms with E-state index in [9.17, 15) is 22.8 Å². The first-order valence-corrected chi connectivity index (χ1v) is 10.1. The number of hydrogen-bond acceptors (Lipinski definition) is 4. The van der Waals surface area contributed by atoms with E-state index in [0.29, 0.717) is 24.0 Å². The quantitative estimate of drug-likeness (QED) is 0.740. The van der Waals surface area contributed by atoms with E-state index in [4.69, 9.17) is 11.6 Å². The summed E-state index contributed by atoms with van der Waals surface area (Å²) < 4.78 is 40.5. The second kappa shape index (κ2) is 7.94. The summed E-state index contributed by atoms with van der Waals surface area (Å²) in [5, 5.41) is 2.93. The van der Waals surface area contributed by atoms with Crippen LogP contribution in [0.2, 0.25) is 5.02 Å². The maximum atomic E-state index is 13.5. The molecule has 1 atom stereocenters. The van der Waals surface area contributed by atoms with Gasteiger partial charge in [-0.2, -0.15) is 13.2 Å². The molecule has 0 aromatic carbocycles. The van der Waals surface area contributed by atoms with E-state index in [1.807, 2.05) is 0 Å². The van der Waals surface area contributed by atoms with Crippen LogP contribution in [0.1, 0.15) is 32.1 Å². The number of H-pyrrole nitrogens is 1. The molecule has 1 unspecified atom stereocenters. The lowest BCUT2D eigenvalue weighted by Crippen LogP contribution is -2.49. The van der Waals surface area contributed by atoms with E-state index in [-0.39, 0.29) is 41.4 Å². The molecule has 2 aliphatic rings. The van der Waals surface area contributed by atoms with Gasteiger partial charge in [0.1, 0.15) is 17.7 Å². The van der Waals surface area contributed by atoms with Crippen LogP contribution in [0.5, 0.6) is 0 Å². The van der Waals surface area contributed by atoms with Gasteiger partial charge in [-0.15, -0.1) is 0 Å². The number of piperidine rings is 1. The number of rotatable bonds is 4. The molecule has 2 N–H and O–H groups in total. The van der Waals surface area contributed by atoms with Gasteiger partial charge in [0.05, 0.1) is 5.02 Å². The molecule has 6 nitrogen and oxygen atoms in total. The third kappa shape index (κ3) is 4.45. The van der Waals surface area contributed by atoms with Gasteiger partial charge in [0.25, 0.3) is 0 Å². The molecule has 2 fully saturated rings. The third-order valence-corrected chi connectivity index (χ3v) is 5.69. The van der Waals surface area contributed by atoms with Crippen molar-refractivity contribution in [3.8, 4) is 11.1 Å². The average Bonchev–Trinajstić information content (AvgIpc) is 3.54. The fraction of sp³-hybridized carbons (Fsp3) is 0.450. The number of alkyl halides is 3. The maximum absolute atomic E-state index is 13.5. The molecule has 1 saturated heterocycles. The van der Waals surface area contributed by atoms with Gasteiger partial charge < -0.3 is 15.2 Å². The monoisotopic (exact) mass is 440 g/mol. The minimum atomic E-state index is -4.40. The zero-order valence-corrected chi connectivity index (χ0v) is 16.7. The Morgan fingerprint density at radius 3 is 2.67 bits per heavy atom. The molecule has 2 aromatic heterocycles. The first-order valence-electron chi connectivity index (χ1n) is 9.77. The third-order valence-electron chi connectivity index (χ3n) is 5.39. The van der Waals surface area contributed by atoms with E-state index in [1.54, 1.807) is 0 Å². The van der Waals surface area contributed by atoms with Crippen molar-refractivity contribution in [3.05, 3.63) is 39.8 Å². The van der Waals surface area contributed by atoms with Gasteiger partial charge in [-0.3, -0.25) is 9.59 Å². The number of carbonyl (C=O) groups is 1. The molecule has 0 radical (unpaired) electrons. The number of pyridine rings is 2. The minimum absolute atomic E-state index is 0.0181. The SMILES string of the molecule is O=C(Nc1cc(-c2cc(N3CCCCC3C(F)(F)F)[nH]c(=O)c2)c(Cl)cn1)C1CC1. The second-order valence-electron chi connectivity index (χ2n) is 7.68. The van der Waals surface area contributed by atoms with Crippen LogP contribution in [0.15, 0.2) is 29.2 Å². The number of nitrogens with zero attached hydrogens (tertiary/aromatic N) is 2. The predicted octanol–water partition coefficient (Wildman–Crippen LogP) is 4.36. The van der Waals surface area contributed by atoms with E-state index < -0.39 is 17.8 Å². The van der Waals surface area contributed by atoms with Gasteiger partial charge in [0, 0.05) is 30.3 Å². The highest BCUT2D eigenvalue weighted by Gasteiger charge is 2.45. The normalized spacial score (nSPS) is 19.6. The fourth-order valence-electron chi connectivity index (χ4n) is 3.70. The Bertz CT molecular complexity index is 1020. The molecule has 30 heavy (non-hydrogen) atoms. The number of hydrogen-bond donors (Lipinski definition) is 2. The van der Waals surface area contributed by atoms with Crippen molar-refractivity contribution in [2.24, 2.45) is 5.92 Å². The van der Waals surface area contributed by atoms with Crippen LogP contribution in [-0.2, 0) is 4.79 Å². The average molecular weight is 441 g/mol. The molecular formula is C20H20ClF3N4O2. The Hall–Kier alpha value is -2.55. The lowest BCUT2D eigenvalue weighted by molar-refractivity contribution is -0.152. The molecule has 1 aliphatic heterocycles. The van der Waals surface area contributed by atoms with Crippen LogP contribution < -0.4 is 15.8 Å². The van der Waals surface area contributed by atoms with Gasteiger partial charge >= 0.3 is 6.18 Å². The molecule has 1 aliphatic carbocycles. The lowest BCUT2D eigenvalue weighted by Gasteiger charge is -2.38. The molecule has 1 amide bonds. The van der Waals surface area contributed by atoms with Crippen LogP contribution in [-0.4, -0.2) is 34.6 Å². The fourth-order valence-corrected chi connectivity index (χ4v) is 3.91. The maximum Gasteiger partial charge on any atom is 0.408 e. The number of carbonyl (C=O) groups excluding carboxylic acids is 1. The minimum Gasteiger partial charge on any atom is -0.346 e. The Labute approximate surface area is 175 Å². The topological polar surface area (TPSA) is 78.1 Å². The van der Waals surface area contributed by atoms with E-state index in [1.165, 1.54) is 29.3 Å². The van der Waals surface area contributed by atoms with Gasteiger partial charge in [0.2, 0.25) is 11.5 Å². The van der Waals surface area contributed by atoms with Crippen LogP contribution in [0.3, 0.4) is 0 Å². The molecule has 0 spiro atoms.